The number of nitrogens with two attached hydrogens (primary N) is 1. The van der Waals surface area contributed by atoms with Crippen LogP contribution in [-0.4, -0.2) is 35.1 Å². The number of aromatic nitrogens is 3. The summed E-state index contributed by atoms with van der Waals surface area (Å²) in [4.78, 5) is 25.0. The van der Waals surface area contributed by atoms with Gasteiger partial charge in [0.05, 0.1) is 19.7 Å². The summed E-state index contributed by atoms with van der Waals surface area (Å²) in [6.07, 6.45) is 3.01. The Morgan fingerprint density at radius 3 is 2.35 bits per heavy atom. The van der Waals surface area contributed by atoms with Crippen molar-refractivity contribution in [3.8, 4) is 11.5 Å². The lowest BCUT2D eigenvalue weighted by Crippen LogP contribution is -2.12. The molecule has 1 amide bonds. The average Bonchev–Trinajstić information content (AvgIpc) is 2.79. The van der Waals surface area contributed by atoms with Crippen LogP contribution in [0.2, 0.25) is 0 Å². The van der Waals surface area contributed by atoms with E-state index in [-0.39, 0.29) is 5.91 Å². The van der Waals surface area contributed by atoms with Crippen LogP contribution in [-0.2, 0) is 0 Å². The van der Waals surface area contributed by atoms with Gasteiger partial charge in [0.1, 0.15) is 18.0 Å². The lowest BCUT2D eigenvalue weighted by Gasteiger charge is -2.12. The van der Waals surface area contributed by atoms with Gasteiger partial charge < -0.3 is 25.8 Å². The van der Waals surface area contributed by atoms with Gasteiger partial charge in [-0.15, -0.1) is 0 Å². The van der Waals surface area contributed by atoms with Crippen LogP contribution in [0.1, 0.15) is 10.4 Å². The summed E-state index contributed by atoms with van der Waals surface area (Å²) in [6, 6.07) is 13.9. The van der Waals surface area contributed by atoms with Gasteiger partial charge >= 0.3 is 0 Å². The number of hydrogen-bond donors (Lipinski definition) is 3. The lowest BCUT2D eigenvalue weighted by atomic mass is 10.1. The van der Waals surface area contributed by atoms with E-state index in [9.17, 15) is 4.79 Å². The van der Waals surface area contributed by atoms with Gasteiger partial charge in [0.25, 0.3) is 5.91 Å². The molecule has 0 spiro atoms. The predicted octanol–water partition coefficient (Wildman–Crippen LogP) is 3.62. The topological polar surface area (TPSA) is 124 Å². The van der Waals surface area contributed by atoms with E-state index in [4.69, 9.17) is 15.2 Å². The Balaban J connectivity index is 1.55. The lowest BCUT2D eigenvalue weighted by molar-refractivity contribution is 0.102. The predicted molar refractivity (Wildman–Crippen MR) is 119 cm³/mol. The van der Waals surface area contributed by atoms with Crippen molar-refractivity contribution < 1.29 is 14.3 Å². The van der Waals surface area contributed by atoms with Crippen LogP contribution >= 0.6 is 0 Å². The maximum atomic E-state index is 12.5. The molecule has 0 atom stereocenters. The minimum Gasteiger partial charge on any atom is -0.493 e. The van der Waals surface area contributed by atoms with Gasteiger partial charge in [-0.1, -0.05) is 0 Å². The molecule has 4 N–H and O–H groups in total. The van der Waals surface area contributed by atoms with E-state index in [0.717, 1.165) is 11.1 Å². The van der Waals surface area contributed by atoms with Gasteiger partial charge in [-0.25, -0.2) is 15.0 Å². The molecule has 2 heterocycles. The van der Waals surface area contributed by atoms with Crippen molar-refractivity contribution >= 4 is 39.8 Å². The molecule has 2 aromatic heterocycles. The van der Waals surface area contributed by atoms with Crippen LogP contribution in [0.5, 0.6) is 11.5 Å². The fourth-order valence-electron chi connectivity index (χ4n) is 3.05. The van der Waals surface area contributed by atoms with Gasteiger partial charge in [0.2, 0.25) is 0 Å². The Bertz CT molecular complexity index is 1240. The van der Waals surface area contributed by atoms with Gasteiger partial charge in [0, 0.05) is 40.7 Å². The molecule has 156 valence electrons. The van der Waals surface area contributed by atoms with E-state index < -0.39 is 0 Å². The van der Waals surface area contributed by atoms with Gasteiger partial charge in [-0.05, 0) is 36.4 Å². The molecule has 4 rings (SSSR count). The number of carbonyl (C=O) groups excluding carboxylic acids is 1. The van der Waals surface area contributed by atoms with Crippen molar-refractivity contribution in [1.29, 1.82) is 0 Å². The van der Waals surface area contributed by atoms with E-state index >= 15 is 0 Å². The summed E-state index contributed by atoms with van der Waals surface area (Å²) in [7, 11) is 3.15. The molecule has 0 fully saturated rings. The molecule has 0 aliphatic carbocycles. The van der Waals surface area contributed by atoms with E-state index in [1.165, 1.54) is 12.5 Å². The maximum Gasteiger partial charge on any atom is 0.255 e. The summed E-state index contributed by atoms with van der Waals surface area (Å²) in [6.45, 7) is 0. The van der Waals surface area contributed by atoms with Crippen LogP contribution in [0, 0.1) is 0 Å². The number of pyridine rings is 1. The quantitative estimate of drug-likeness (QED) is 0.435. The van der Waals surface area contributed by atoms with Crippen molar-refractivity contribution in [2.24, 2.45) is 0 Å². The smallest absolute Gasteiger partial charge is 0.255 e. The molecule has 9 heteroatoms. The fourth-order valence-corrected chi connectivity index (χ4v) is 3.05. The number of nitrogens with one attached hydrogen (secondary N) is 2. The number of ether oxygens (including phenoxy) is 2. The molecule has 0 unspecified atom stereocenters. The Morgan fingerprint density at radius 1 is 0.903 bits per heavy atom. The van der Waals surface area contributed by atoms with Crippen molar-refractivity contribution in [3.05, 3.63) is 66.6 Å². The molecule has 0 saturated heterocycles. The van der Waals surface area contributed by atoms with Crippen molar-refractivity contribution in [1.82, 2.24) is 15.0 Å². The zero-order valence-corrected chi connectivity index (χ0v) is 16.9. The number of carbonyl (C=O) groups is 1. The van der Waals surface area contributed by atoms with Gasteiger partial charge in [0.15, 0.2) is 11.5 Å². The number of anilines is 4. The molecule has 0 aliphatic heterocycles. The molecule has 0 saturated carbocycles. The zero-order chi connectivity index (χ0) is 21.8. The third-order valence-corrected chi connectivity index (χ3v) is 4.59. The average molecular weight is 416 g/mol. The molecule has 4 aromatic rings. The number of nitrogens with zero attached hydrogens (tertiary/aromatic N) is 3. The Kier molecular flexibility index (Phi) is 5.48. The van der Waals surface area contributed by atoms with E-state index in [0.29, 0.717) is 39.9 Å². The van der Waals surface area contributed by atoms with E-state index in [1.54, 1.807) is 56.7 Å². The SMILES string of the molecule is COc1cc2ncnc(Nc3ccc(C(=O)Nc4ccnc(N)c4)cc3)c2cc1OC. The standard InChI is InChI=1S/C22H20N6O3/c1-30-18-10-16-17(11-19(18)31-2)25-12-26-21(16)27-14-5-3-13(4-6-14)22(29)28-15-7-8-24-20(23)9-15/h3-12H,1-2H3,(H,25,26,27)(H3,23,24,28,29). The number of methoxy groups -OCH3 is 2. The van der Waals surface area contributed by atoms with Crippen LogP contribution in [0.25, 0.3) is 10.9 Å². The fraction of sp³-hybridized carbons (Fsp3) is 0.0909. The second kappa shape index (κ2) is 8.54. The van der Waals surface area contributed by atoms with Gasteiger partial charge in [-0.3, -0.25) is 4.79 Å². The first-order chi connectivity index (χ1) is 15.1. The molecular weight excluding hydrogens is 396 g/mol. The first kappa shape index (κ1) is 19.9. The monoisotopic (exact) mass is 416 g/mol. The number of hydrogen-bond acceptors (Lipinski definition) is 8. The van der Waals surface area contributed by atoms with Crippen LogP contribution in [0.4, 0.5) is 23.0 Å². The molecule has 0 radical (unpaired) electrons. The second-order valence-corrected chi connectivity index (χ2v) is 6.57. The summed E-state index contributed by atoms with van der Waals surface area (Å²) < 4.78 is 10.7. The molecule has 9 nitrogen and oxygen atoms in total. The van der Waals surface area contributed by atoms with Crippen LogP contribution in [0.15, 0.2) is 61.1 Å². The van der Waals surface area contributed by atoms with Crippen LogP contribution < -0.4 is 25.8 Å². The zero-order valence-electron chi connectivity index (χ0n) is 16.9. The van der Waals surface area contributed by atoms with Crippen molar-refractivity contribution in [3.63, 3.8) is 0 Å². The highest BCUT2D eigenvalue weighted by atomic mass is 16.5. The van der Waals surface area contributed by atoms with E-state index in [1.807, 2.05) is 6.07 Å². The summed E-state index contributed by atoms with van der Waals surface area (Å²) in [5.74, 6) is 1.86. The maximum absolute atomic E-state index is 12.5. The third kappa shape index (κ3) is 4.30. The Morgan fingerprint density at radius 2 is 1.65 bits per heavy atom. The number of benzene rings is 2. The highest BCUT2D eigenvalue weighted by Crippen LogP contribution is 2.34. The minimum absolute atomic E-state index is 0.249. The summed E-state index contributed by atoms with van der Waals surface area (Å²) >= 11 is 0. The number of fused-ring (bicyclic) bond motifs is 1. The Hall–Kier alpha value is -4.40. The minimum atomic E-state index is -0.249. The van der Waals surface area contributed by atoms with Gasteiger partial charge in [-0.2, -0.15) is 0 Å². The van der Waals surface area contributed by atoms with E-state index in [2.05, 4.69) is 25.6 Å². The number of rotatable bonds is 6. The Labute approximate surface area is 178 Å². The molecule has 31 heavy (non-hydrogen) atoms. The number of amides is 1. The highest BCUT2D eigenvalue weighted by Gasteiger charge is 2.12. The van der Waals surface area contributed by atoms with Crippen LogP contribution in [0.3, 0.4) is 0 Å². The first-order valence-corrected chi connectivity index (χ1v) is 9.34. The largest absolute Gasteiger partial charge is 0.493 e. The third-order valence-electron chi connectivity index (χ3n) is 4.59. The normalized spacial score (nSPS) is 10.5. The highest BCUT2D eigenvalue weighted by molar-refractivity contribution is 6.04. The first-order valence-electron chi connectivity index (χ1n) is 9.34. The van der Waals surface area contributed by atoms with Crippen molar-refractivity contribution in [2.75, 3.05) is 30.6 Å². The summed E-state index contributed by atoms with van der Waals surface area (Å²) in [5, 5.41) is 6.82. The molecule has 2 aromatic carbocycles. The summed E-state index contributed by atoms with van der Waals surface area (Å²) in [5.41, 5.74) is 8.20. The second-order valence-electron chi connectivity index (χ2n) is 6.57. The molecule has 0 bridgehead atoms. The molecule has 0 aliphatic rings. The molecular formula is C22H20N6O3. The van der Waals surface area contributed by atoms with Crippen molar-refractivity contribution in [2.45, 2.75) is 0 Å². The number of nitrogen functional groups attached to an aromatic ring is 1.